The second-order valence-electron chi connectivity index (χ2n) is 8.85. The number of fused-ring (bicyclic) bond motifs is 1. The summed E-state index contributed by atoms with van der Waals surface area (Å²) in [5.41, 5.74) is 1.08. The summed E-state index contributed by atoms with van der Waals surface area (Å²) in [6.07, 6.45) is 2.37. The standard InChI is InChI=1S/C24H30N2O4S/c1-18(2)12-14-26-21-16-20(10-11-22(21)30-17-24(3,4)23(26)27)25-31(28,29)15-13-19-8-6-5-7-9-19/h5-11,13,15-16,18,25H,12,14,17H2,1-4H3/b15-13+. The van der Waals surface area contributed by atoms with Crippen molar-refractivity contribution in [3.05, 3.63) is 59.5 Å². The molecule has 0 unspecified atom stereocenters. The third-order valence-electron chi connectivity index (χ3n) is 5.09. The zero-order valence-corrected chi connectivity index (χ0v) is 19.3. The summed E-state index contributed by atoms with van der Waals surface area (Å²) in [5.74, 6) is 0.967. The Morgan fingerprint density at radius 3 is 2.55 bits per heavy atom. The van der Waals surface area contributed by atoms with E-state index in [1.165, 1.54) is 6.08 Å². The third-order valence-corrected chi connectivity index (χ3v) is 6.11. The van der Waals surface area contributed by atoms with Gasteiger partial charge in [0.2, 0.25) is 5.91 Å². The van der Waals surface area contributed by atoms with Gasteiger partial charge in [-0.1, -0.05) is 44.2 Å². The fraction of sp³-hybridized carbons (Fsp3) is 0.375. The number of sulfonamides is 1. The molecule has 2 aromatic carbocycles. The van der Waals surface area contributed by atoms with Gasteiger partial charge in [0.25, 0.3) is 10.0 Å². The number of anilines is 2. The Hall–Kier alpha value is -2.80. The van der Waals surface area contributed by atoms with E-state index < -0.39 is 15.4 Å². The number of nitrogens with one attached hydrogen (secondary N) is 1. The van der Waals surface area contributed by atoms with Gasteiger partial charge in [-0.15, -0.1) is 0 Å². The Balaban J connectivity index is 1.89. The van der Waals surface area contributed by atoms with Gasteiger partial charge in [-0.2, -0.15) is 0 Å². The molecule has 0 saturated carbocycles. The van der Waals surface area contributed by atoms with E-state index in [0.29, 0.717) is 29.6 Å². The van der Waals surface area contributed by atoms with Gasteiger partial charge in [-0.25, -0.2) is 8.42 Å². The molecule has 1 aliphatic heterocycles. The molecule has 7 heteroatoms. The van der Waals surface area contributed by atoms with Crippen molar-refractivity contribution in [2.75, 3.05) is 22.8 Å². The van der Waals surface area contributed by atoms with Crippen LogP contribution >= 0.6 is 0 Å². The Morgan fingerprint density at radius 1 is 1.16 bits per heavy atom. The minimum Gasteiger partial charge on any atom is -0.490 e. The van der Waals surface area contributed by atoms with Crippen LogP contribution in [-0.2, 0) is 14.8 Å². The van der Waals surface area contributed by atoms with Crippen LogP contribution in [-0.4, -0.2) is 27.5 Å². The number of rotatable bonds is 7. The summed E-state index contributed by atoms with van der Waals surface area (Å²) in [4.78, 5) is 14.9. The van der Waals surface area contributed by atoms with Crippen molar-refractivity contribution in [2.45, 2.75) is 34.1 Å². The highest BCUT2D eigenvalue weighted by Crippen LogP contribution is 2.38. The van der Waals surface area contributed by atoms with Gasteiger partial charge in [0.05, 0.1) is 22.2 Å². The maximum atomic E-state index is 13.2. The molecular weight excluding hydrogens is 412 g/mol. The van der Waals surface area contributed by atoms with Crippen LogP contribution in [0, 0.1) is 11.3 Å². The highest BCUT2D eigenvalue weighted by Gasteiger charge is 2.37. The summed E-state index contributed by atoms with van der Waals surface area (Å²) in [6, 6.07) is 14.2. The van der Waals surface area contributed by atoms with Crippen LogP contribution in [0.5, 0.6) is 5.75 Å². The molecule has 1 amide bonds. The lowest BCUT2D eigenvalue weighted by molar-refractivity contribution is -0.127. The lowest BCUT2D eigenvalue weighted by atomic mass is 9.92. The molecule has 0 saturated heterocycles. The molecule has 0 atom stereocenters. The van der Waals surface area contributed by atoms with Gasteiger partial charge in [-0.05, 0) is 56.0 Å². The maximum absolute atomic E-state index is 13.2. The largest absolute Gasteiger partial charge is 0.490 e. The fourth-order valence-electron chi connectivity index (χ4n) is 3.25. The van der Waals surface area contributed by atoms with Crippen LogP contribution in [0.2, 0.25) is 0 Å². The lowest BCUT2D eigenvalue weighted by Gasteiger charge is -2.28. The molecule has 0 bridgehead atoms. The normalized spacial score (nSPS) is 16.2. The molecule has 1 aliphatic rings. The molecule has 6 nitrogen and oxygen atoms in total. The predicted molar refractivity (Wildman–Crippen MR) is 126 cm³/mol. The molecule has 0 radical (unpaired) electrons. The van der Waals surface area contributed by atoms with Gasteiger partial charge < -0.3 is 9.64 Å². The fourth-order valence-corrected chi connectivity index (χ4v) is 4.11. The van der Waals surface area contributed by atoms with Crippen molar-refractivity contribution >= 4 is 33.4 Å². The Bertz CT molecular complexity index is 1060. The summed E-state index contributed by atoms with van der Waals surface area (Å²) in [5, 5.41) is 1.13. The predicted octanol–water partition coefficient (Wildman–Crippen LogP) is 4.90. The highest BCUT2D eigenvalue weighted by atomic mass is 32.2. The number of hydrogen-bond acceptors (Lipinski definition) is 4. The third kappa shape index (κ3) is 5.88. The van der Waals surface area contributed by atoms with Crippen LogP contribution < -0.4 is 14.4 Å². The van der Waals surface area contributed by atoms with Gasteiger partial charge in [0.1, 0.15) is 12.4 Å². The van der Waals surface area contributed by atoms with Crippen molar-refractivity contribution in [3.63, 3.8) is 0 Å². The molecule has 1 heterocycles. The van der Waals surface area contributed by atoms with Crippen LogP contribution in [0.3, 0.4) is 0 Å². The smallest absolute Gasteiger partial charge is 0.255 e. The Kier molecular flexibility index (Phi) is 6.74. The first-order chi connectivity index (χ1) is 14.6. The number of carbonyl (C=O) groups is 1. The average Bonchev–Trinajstić information content (AvgIpc) is 2.80. The molecule has 2 aromatic rings. The average molecular weight is 443 g/mol. The van der Waals surface area contributed by atoms with E-state index in [1.807, 2.05) is 44.2 Å². The molecule has 0 spiro atoms. The topological polar surface area (TPSA) is 75.7 Å². The number of amides is 1. The van der Waals surface area contributed by atoms with E-state index in [1.54, 1.807) is 23.1 Å². The SMILES string of the molecule is CC(C)CCN1C(=O)C(C)(C)COc2ccc(NS(=O)(=O)/C=C/c3ccccc3)cc21. The van der Waals surface area contributed by atoms with E-state index in [-0.39, 0.29) is 12.5 Å². The molecule has 31 heavy (non-hydrogen) atoms. The van der Waals surface area contributed by atoms with Crippen molar-refractivity contribution < 1.29 is 17.9 Å². The molecule has 1 N–H and O–H groups in total. The quantitative estimate of drug-likeness (QED) is 0.662. The number of benzene rings is 2. The van der Waals surface area contributed by atoms with E-state index in [9.17, 15) is 13.2 Å². The molecule has 3 rings (SSSR count). The zero-order valence-electron chi connectivity index (χ0n) is 18.5. The first kappa shape index (κ1) is 22.9. The monoisotopic (exact) mass is 442 g/mol. The first-order valence-corrected chi connectivity index (χ1v) is 12.0. The van der Waals surface area contributed by atoms with Crippen molar-refractivity contribution in [2.24, 2.45) is 11.3 Å². The van der Waals surface area contributed by atoms with Crippen LogP contribution in [0.15, 0.2) is 53.9 Å². The molecule has 0 aromatic heterocycles. The van der Waals surface area contributed by atoms with Crippen LogP contribution in [0.1, 0.15) is 39.7 Å². The molecule has 0 aliphatic carbocycles. The summed E-state index contributed by atoms with van der Waals surface area (Å²) < 4.78 is 33.6. The van der Waals surface area contributed by atoms with E-state index in [2.05, 4.69) is 18.6 Å². The summed E-state index contributed by atoms with van der Waals surface area (Å²) in [6.45, 7) is 8.74. The van der Waals surface area contributed by atoms with E-state index in [0.717, 1.165) is 17.4 Å². The van der Waals surface area contributed by atoms with Gasteiger partial charge >= 0.3 is 0 Å². The van der Waals surface area contributed by atoms with Crippen LogP contribution in [0.4, 0.5) is 11.4 Å². The minimum atomic E-state index is -3.72. The highest BCUT2D eigenvalue weighted by molar-refractivity contribution is 7.95. The Morgan fingerprint density at radius 2 is 1.87 bits per heavy atom. The number of hydrogen-bond donors (Lipinski definition) is 1. The van der Waals surface area contributed by atoms with Crippen LogP contribution in [0.25, 0.3) is 6.08 Å². The van der Waals surface area contributed by atoms with Gasteiger partial charge in [0, 0.05) is 6.54 Å². The number of ether oxygens (including phenoxy) is 1. The van der Waals surface area contributed by atoms with Gasteiger partial charge in [0.15, 0.2) is 0 Å². The van der Waals surface area contributed by atoms with Crippen molar-refractivity contribution in [3.8, 4) is 5.75 Å². The molecule has 166 valence electrons. The number of nitrogens with zero attached hydrogens (tertiary/aromatic N) is 1. The van der Waals surface area contributed by atoms with E-state index >= 15 is 0 Å². The summed E-state index contributed by atoms with van der Waals surface area (Å²) >= 11 is 0. The second-order valence-corrected chi connectivity index (χ2v) is 10.4. The van der Waals surface area contributed by atoms with Gasteiger partial charge in [-0.3, -0.25) is 9.52 Å². The molecule has 0 fully saturated rings. The maximum Gasteiger partial charge on any atom is 0.255 e. The van der Waals surface area contributed by atoms with Crippen molar-refractivity contribution in [1.29, 1.82) is 0 Å². The minimum absolute atomic E-state index is 0.0316. The van der Waals surface area contributed by atoms with E-state index in [4.69, 9.17) is 4.74 Å². The lowest BCUT2D eigenvalue weighted by Crippen LogP contribution is -2.42. The first-order valence-electron chi connectivity index (χ1n) is 10.4. The molecular formula is C24H30N2O4S. The Labute approximate surface area is 185 Å². The second kappa shape index (κ2) is 9.14. The summed E-state index contributed by atoms with van der Waals surface area (Å²) in [7, 11) is -3.72. The van der Waals surface area contributed by atoms with Crippen molar-refractivity contribution in [1.82, 2.24) is 0 Å². The number of carbonyl (C=O) groups excluding carboxylic acids is 1. The zero-order chi connectivity index (χ0) is 22.6.